The Balaban J connectivity index is 2.44. The van der Waals surface area contributed by atoms with Gasteiger partial charge in [0.15, 0.2) is 0 Å². The second-order valence-corrected chi connectivity index (χ2v) is 4.48. The molecule has 0 saturated heterocycles. The Kier molecular flexibility index (Phi) is 4.10. The molecule has 6 heteroatoms. The molecule has 0 radical (unpaired) electrons. The van der Waals surface area contributed by atoms with Crippen molar-refractivity contribution in [3.63, 3.8) is 0 Å². The first kappa shape index (κ1) is 14.1. The van der Waals surface area contributed by atoms with Crippen LogP contribution in [0.25, 0.3) is 0 Å². The molecule has 104 valence electrons. The van der Waals surface area contributed by atoms with Crippen molar-refractivity contribution in [2.75, 3.05) is 18.2 Å². The standard InChI is InChI=1S/C14H12ClFN2O2/c1-20-14(19)11-3-2-4-12(17)13(11)18-10-6-8(15)5-9(16)7-10/h2-7,18H,17H2,1H3. The van der Waals surface area contributed by atoms with Crippen LogP contribution in [0.2, 0.25) is 5.02 Å². The molecule has 0 amide bonds. The molecule has 0 atom stereocenters. The van der Waals surface area contributed by atoms with Gasteiger partial charge in [0.2, 0.25) is 0 Å². The van der Waals surface area contributed by atoms with Gasteiger partial charge in [-0.2, -0.15) is 0 Å². The number of rotatable bonds is 3. The number of para-hydroxylation sites is 1. The normalized spacial score (nSPS) is 10.2. The van der Waals surface area contributed by atoms with Gasteiger partial charge in [-0.05, 0) is 30.3 Å². The largest absolute Gasteiger partial charge is 0.465 e. The Bertz CT molecular complexity index is 641. The molecule has 0 aliphatic rings. The minimum absolute atomic E-state index is 0.238. The summed E-state index contributed by atoms with van der Waals surface area (Å²) in [6.07, 6.45) is 0. The second kappa shape index (κ2) is 5.79. The number of anilines is 3. The number of carbonyl (C=O) groups is 1. The number of hydrogen-bond donors (Lipinski definition) is 2. The van der Waals surface area contributed by atoms with E-state index >= 15 is 0 Å². The highest BCUT2D eigenvalue weighted by molar-refractivity contribution is 6.30. The summed E-state index contributed by atoms with van der Waals surface area (Å²) in [4.78, 5) is 11.7. The van der Waals surface area contributed by atoms with Crippen LogP contribution in [-0.4, -0.2) is 13.1 Å². The fraction of sp³-hybridized carbons (Fsp3) is 0.0714. The van der Waals surface area contributed by atoms with E-state index in [2.05, 4.69) is 10.1 Å². The number of nitrogen functional groups attached to an aromatic ring is 1. The third-order valence-electron chi connectivity index (χ3n) is 2.63. The van der Waals surface area contributed by atoms with Gasteiger partial charge >= 0.3 is 5.97 Å². The Hall–Kier alpha value is -2.27. The maximum absolute atomic E-state index is 13.3. The SMILES string of the molecule is COC(=O)c1cccc(N)c1Nc1cc(F)cc(Cl)c1. The Morgan fingerprint density at radius 2 is 2.10 bits per heavy atom. The van der Waals surface area contributed by atoms with E-state index in [1.807, 2.05) is 0 Å². The number of esters is 1. The van der Waals surface area contributed by atoms with Crippen LogP contribution in [-0.2, 0) is 4.74 Å². The maximum Gasteiger partial charge on any atom is 0.340 e. The Morgan fingerprint density at radius 1 is 1.35 bits per heavy atom. The van der Waals surface area contributed by atoms with E-state index in [4.69, 9.17) is 17.3 Å². The van der Waals surface area contributed by atoms with Crippen molar-refractivity contribution in [3.05, 3.63) is 52.8 Å². The van der Waals surface area contributed by atoms with Crippen LogP contribution in [0.4, 0.5) is 21.5 Å². The van der Waals surface area contributed by atoms with E-state index < -0.39 is 11.8 Å². The van der Waals surface area contributed by atoms with Crippen LogP contribution >= 0.6 is 11.6 Å². The fourth-order valence-corrected chi connectivity index (χ4v) is 1.98. The highest BCUT2D eigenvalue weighted by atomic mass is 35.5. The van der Waals surface area contributed by atoms with Crippen LogP contribution in [0.1, 0.15) is 10.4 Å². The van der Waals surface area contributed by atoms with E-state index in [0.29, 0.717) is 17.1 Å². The molecule has 0 heterocycles. The molecule has 0 aromatic heterocycles. The van der Waals surface area contributed by atoms with E-state index in [-0.39, 0.29) is 10.6 Å². The predicted molar refractivity (Wildman–Crippen MR) is 76.9 cm³/mol. The minimum atomic E-state index is -0.540. The number of halogens is 2. The summed E-state index contributed by atoms with van der Waals surface area (Å²) in [6, 6.07) is 8.77. The summed E-state index contributed by atoms with van der Waals surface area (Å²) in [5.74, 6) is -1.03. The topological polar surface area (TPSA) is 64.3 Å². The number of benzene rings is 2. The van der Waals surface area contributed by atoms with Crippen molar-refractivity contribution < 1.29 is 13.9 Å². The quantitative estimate of drug-likeness (QED) is 0.671. The highest BCUT2D eigenvalue weighted by Crippen LogP contribution is 2.29. The summed E-state index contributed by atoms with van der Waals surface area (Å²) < 4.78 is 18.0. The zero-order valence-electron chi connectivity index (χ0n) is 10.6. The van der Waals surface area contributed by atoms with E-state index in [1.54, 1.807) is 18.2 Å². The van der Waals surface area contributed by atoms with Gasteiger partial charge in [0.25, 0.3) is 0 Å². The average molecular weight is 295 g/mol. The third kappa shape index (κ3) is 3.00. The van der Waals surface area contributed by atoms with Gasteiger partial charge in [0.05, 0.1) is 24.0 Å². The van der Waals surface area contributed by atoms with Crippen LogP contribution in [0.3, 0.4) is 0 Å². The van der Waals surface area contributed by atoms with Crippen LogP contribution in [0.15, 0.2) is 36.4 Å². The lowest BCUT2D eigenvalue weighted by Crippen LogP contribution is -2.08. The van der Waals surface area contributed by atoms with Crippen LogP contribution < -0.4 is 11.1 Å². The van der Waals surface area contributed by atoms with Crippen molar-refractivity contribution in [2.24, 2.45) is 0 Å². The number of nitrogens with one attached hydrogen (secondary N) is 1. The van der Waals surface area contributed by atoms with E-state index in [1.165, 1.54) is 25.3 Å². The predicted octanol–water partition coefficient (Wildman–Crippen LogP) is 3.59. The van der Waals surface area contributed by atoms with Crippen molar-refractivity contribution >= 4 is 34.6 Å². The van der Waals surface area contributed by atoms with Crippen molar-refractivity contribution in [2.45, 2.75) is 0 Å². The summed E-state index contributed by atoms with van der Waals surface area (Å²) in [7, 11) is 1.27. The van der Waals surface area contributed by atoms with Gasteiger partial charge in [-0.15, -0.1) is 0 Å². The molecule has 0 spiro atoms. The van der Waals surface area contributed by atoms with Gasteiger partial charge < -0.3 is 15.8 Å². The van der Waals surface area contributed by atoms with Crippen molar-refractivity contribution in [1.29, 1.82) is 0 Å². The van der Waals surface area contributed by atoms with Crippen molar-refractivity contribution in [3.8, 4) is 0 Å². The molecule has 0 bridgehead atoms. The van der Waals surface area contributed by atoms with E-state index in [9.17, 15) is 9.18 Å². The molecule has 0 aliphatic carbocycles. The molecule has 2 rings (SSSR count). The van der Waals surface area contributed by atoms with Gasteiger partial charge in [-0.1, -0.05) is 17.7 Å². The number of carbonyl (C=O) groups excluding carboxylic acids is 1. The van der Waals surface area contributed by atoms with Crippen molar-refractivity contribution in [1.82, 2.24) is 0 Å². The molecule has 3 N–H and O–H groups in total. The summed E-state index contributed by atoms with van der Waals surface area (Å²) in [6.45, 7) is 0. The number of nitrogens with two attached hydrogens (primary N) is 1. The number of ether oxygens (including phenoxy) is 1. The molecule has 4 nitrogen and oxygen atoms in total. The number of methoxy groups -OCH3 is 1. The smallest absolute Gasteiger partial charge is 0.340 e. The highest BCUT2D eigenvalue weighted by Gasteiger charge is 2.14. The lowest BCUT2D eigenvalue weighted by atomic mass is 10.1. The Labute approximate surface area is 120 Å². The summed E-state index contributed by atoms with van der Waals surface area (Å²) in [5, 5.41) is 3.13. The first-order valence-electron chi connectivity index (χ1n) is 5.71. The summed E-state index contributed by atoms with van der Waals surface area (Å²) in [5.41, 5.74) is 7.17. The van der Waals surface area contributed by atoms with Crippen LogP contribution in [0.5, 0.6) is 0 Å². The van der Waals surface area contributed by atoms with Gasteiger partial charge in [-0.3, -0.25) is 0 Å². The van der Waals surface area contributed by atoms with Gasteiger partial charge in [0, 0.05) is 10.7 Å². The average Bonchev–Trinajstić information content (AvgIpc) is 2.39. The number of hydrogen-bond acceptors (Lipinski definition) is 4. The molecular formula is C14H12ClFN2O2. The van der Waals surface area contributed by atoms with Gasteiger partial charge in [0.1, 0.15) is 5.82 Å². The zero-order valence-corrected chi connectivity index (χ0v) is 11.4. The first-order chi connectivity index (χ1) is 9.51. The monoisotopic (exact) mass is 294 g/mol. The summed E-state index contributed by atoms with van der Waals surface area (Å²) >= 11 is 5.78. The molecule has 2 aromatic rings. The van der Waals surface area contributed by atoms with Gasteiger partial charge in [-0.25, -0.2) is 9.18 Å². The lowest BCUT2D eigenvalue weighted by molar-refractivity contribution is 0.0602. The lowest BCUT2D eigenvalue weighted by Gasteiger charge is -2.13. The van der Waals surface area contributed by atoms with Crippen LogP contribution in [0, 0.1) is 5.82 Å². The molecule has 0 aliphatic heterocycles. The fourth-order valence-electron chi connectivity index (χ4n) is 1.76. The van der Waals surface area contributed by atoms with E-state index in [0.717, 1.165) is 0 Å². The zero-order chi connectivity index (χ0) is 14.7. The molecule has 2 aromatic carbocycles. The Morgan fingerprint density at radius 3 is 2.75 bits per heavy atom. The molecule has 0 fully saturated rings. The molecule has 20 heavy (non-hydrogen) atoms. The maximum atomic E-state index is 13.3. The third-order valence-corrected chi connectivity index (χ3v) is 2.85. The first-order valence-corrected chi connectivity index (χ1v) is 6.09. The molecule has 0 saturated carbocycles. The molecule has 0 unspecified atom stereocenters. The second-order valence-electron chi connectivity index (χ2n) is 4.04. The minimum Gasteiger partial charge on any atom is -0.465 e. The molecular weight excluding hydrogens is 283 g/mol.